The number of benzene rings is 2. The van der Waals surface area contributed by atoms with E-state index < -0.39 is 0 Å². The number of allylic oxidation sites excluding steroid dienone is 1. The molecule has 2 aromatic carbocycles. The normalized spacial score (nSPS) is 15.3. The molecule has 1 heterocycles. The molecule has 0 saturated carbocycles. The van der Waals surface area contributed by atoms with Gasteiger partial charge in [-0.1, -0.05) is 68.0 Å². The first-order valence-corrected chi connectivity index (χ1v) is 12.9. The monoisotopic (exact) mass is 461 g/mol. The van der Waals surface area contributed by atoms with Crippen LogP contribution in [0.2, 0.25) is 0 Å². The molecule has 4 nitrogen and oxygen atoms in total. The molecular formula is C30H43N3O. The Balaban J connectivity index is 1.63. The highest BCUT2D eigenvalue weighted by atomic mass is 16.2. The summed E-state index contributed by atoms with van der Waals surface area (Å²) in [5.74, 6) is 0.553. The summed E-state index contributed by atoms with van der Waals surface area (Å²) in [6, 6.07) is 19.8. The summed E-state index contributed by atoms with van der Waals surface area (Å²) >= 11 is 0. The van der Waals surface area contributed by atoms with Crippen molar-refractivity contribution in [2.24, 2.45) is 11.7 Å². The molecular weight excluding hydrogens is 418 g/mol. The zero-order chi connectivity index (χ0) is 24.5. The number of amides is 1. The predicted molar refractivity (Wildman–Crippen MR) is 144 cm³/mol. The number of piperidine rings is 1. The number of hydrogen-bond donors (Lipinski definition) is 1. The van der Waals surface area contributed by atoms with Crippen molar-refractivity contribution in [3.8, 4) is 0 Å². The number of aryl methyl sites for hydroxylation is 2. The maximum atomic E-state index is 12.8. The van der Waals surface area contributed by atoms with Gasteiger partial charge in [0, 0.05) is 31.4 Å². The minimum Gasteiger partial charge on any atom is -0.365 e. The molecule has 0 radical (unpaired) electrons. The molecule has 184 valence electrons. The number of nitrogens with zero attached hydrogens (tertiary/aromatic N) is 2. The lowest BCUT2D eigenvalue weighted by atomic mass is 9.98. The van der Waals surface area contributed by atoms with Gasteiger partial charge >= 0.3 is 0 Å². The molecule has 0 bridgehead atoms. The van der Waals surface area contributed by atoms with Crippen molar-refractivity contribution in [2.75, 3.05) is 24.5 Å². The molecule has 2 N–H and O–H groups in total. The number of anilines is 1. The zero-order valence-electron chi connectivity index (χ0n) is 21.5. The summed E-state index contributed by atoms with van der Waals surface area (Å²) in [5, 5.41) is 0. The van der Waals surface area contributed by atoms with E-state index >= 15 is 0 Å². The number of rotatable bonds is 10. The van der Waals surface area contributed by atoms with Gasteiger partial charge in [-0.25, -0.2) is 0 Å². The van der Waals surface area contributed by atoms with Crippen LogP contribution < -0.4 is 10.6 Å². The maximum absolute atomic E-state index is 12.8. The summed E-state index contributed by atoms with van der Waals surface area (Å²) < 4.78 is 0. The van der Waals surface area contributed by atoms with Crippen LogP contribution in [0.15, 0.2) is 66.2 Å². The molecule has 1 saturated heterocycles. The van der Waals surface area contributed by atoms with Crippen molar-refractivity contribution < 1.29 is 4.79 Å². The lowest BCUT2D eigenvalue weighted by Gasteiger charge is -2.40. The molecule has 1 aliphatic rings. The summed E-state index contributed by atoms with van der Waals surface area (Å²) in [6.07, 6.45) is 7.13. The average Bonchev–Trinajstić information content (AvgIpc) is 2.83. The third-order valence-corrected chi connectivity index (χ3v) is 6.77. The van der Waals surface area contributed by atoms with Crippen molar-refractivity contribution in [3.05, 3.63) is 77.4 Å². The average molecular weight is 462 g/mol. The van der Waals surface area contributed by atoms with Gasteiger partial charge in [-0.2, -0.15) is 0 Å². The Bertz CT molecular complexity index is 908. The minimum absolute atomic E-state index is 0.116. The van der Waals surface area contributed by atoms with Gasteiger partial charge in [-0.05, 0) is 75.1 Å². The van der Waals surface area contributed by atoms with E-state index in [1.807, 2.05) is 4.90 Å². The number of nitrogens with two attached hydrogens (primary N) is 1. The Morgan fingerprint density at radius 2 is 1.59 bits per heavy atom. The zero-order valence-corrected chi connectivity index (χ0v) is 21.5. The fourth-order valence-corrected chi connectivity index (χ4v) is 4.77. The molecule has 1 amide bonds. The molecule has 3 rings (SSSR count). The molecule has 34 heavy (non-hydrogen) atoms. The van der Waals surface area contributed by atoms with Gasteiger partial charge in [0.25, 0.3) is 0 Å². The van der Waals surface area contributed by atoms with E-state index in [-0.39, 0.29) is 11.9 Å². The van der Waals surface area contributed by atoms with E-state index in [4.69, 9.17) is 5.73 Å². The Kier molecular flexibility index (Phi) is 9.76. The van der Waals surface area contributed by atoms with Crippen LogP contribution in [-0.4, -0.2) is 42.5 Å². The molecule has 0 unspecified atom stereocenters. The SMILES string of the molecule is CC(C)=CCN(c1ccc(CCc2ccccc2)cc1)C1CCN(C(=O)[C@H](N)CC(C)C)CC1. The van der Waals surface area contributed by atoms with Crippen LogP contribution in [0.25, 0.3) is 0 Å². The largest absolute Gasteiger partial charge is 0.365 e. The van der Waals surface area contributed by atoms with E-state index in [1.165, 1.54) is 22.4 Å². The van der Waals surface area contributed by atoms with Crippen molar-refractivity contribution in [1.82, 2.24) is 4.90 Å². The highest BCUT2D eigenvalue weighted by Gasteiger charge is 2.29. The van der Waals surface area contributed by atoms with Gasteiger partial charge < -0.3 is 15.5 Å². The van der Waals surface area contributed by atoms with E-state index in [0.717, 1.165) is 51.7 Å². The fraction of sp³-hybridized carbons (Fsp3) is 0.500. The third kappa shape index (κ3) is 7.73. The highest BCUT2D eigenvalue weighted by Crippen LogP contribution is 2.25. The van der Waals surface area contributed by atoms with Crippen molar-refractivity contribution in [3.63, 3.8) is 0 Å². The second-order valence-electron chi connectivity index (χ2n) is 10.4. The highest BCUT2D eigenvalue weighted by molar-refractivity contribution is 5.81. The summed E-state index contributed by atoms with van der Waals surface area (Å²) in [6.45, 7) is 11.0. The lowest BCUT2D eigenvalue weighted by Crippen LogP contribution is -2.51. The quantitative estimate of drug-likeness (QED) is 0.468. The van der Waals surface area contributed by atoms with Crippen LogP contribution >= 0.6 is 0 Å². The molecule has 1 atom stereocenters. The number of hydrogen-bond acceptors (Lipinski definition) is 3. The number of carbonyl (C=O) groups is 1. The summed E-state index contributed by atoms with van der Waals surface area (Å²) in [7, 11) is 0. The smallest absolute Gasteiger partial charge is 0.239 e. The topological polar surface area (TPSA) is 49.6 Å². The molecule has 0 aliphatic carbocycles. The molecule has 0 aromatic heterocycles. The molecule has 0 spiro atoms. The van der Waals surface area contributed by atoms with Crippen LogP contribution in [0.3, 0.4) is 0 Å². The fourth-order valence-electron chi connectivity index (χ4n) is 4.77. The van der Waals surface area contributed by atoms with Gasteiger partial charge in [0.1, 0.15) is 0 Å². The molecule has 1 aliphatic heterocycles. The second kappa shape index (κ2) is 12.8. The Hall–Kier alpha value is -2.59. The maximum Gasteiger partial charge on any atom is 0.239 e. The predicted octanol–water partition coefficient (Wildman–Crippen LogP) is 5.61. The molecule has 2 aromatic rings. The Labute approximate surface area is 206 Å². The first-order chi connectivity index (χ1) is 16.3. The summed E-state index contributed by atoms with van der Waals surface area (Å²) in [5.41, 5.74) is 11.5. The number of carbonyl (C=O) groups excluding carboxylic acids is 1. The van der Waals surface area contributed by atoms with E-state index in [0.29, 0.717) is 12.0 Å². The van der Waals surface area contributed by atoms with Gasteiger partial charge in [0.05, 0.1) is 6.04 Å². The Morgan fingerprint density at radius 1 is 1.00 bits per heavy atom. The summed E-state index contributed by atoms with van der Waals surface area (Å²) in [4.78, 5) is 17.3. The van der Waals surface area contributed by atoms with Crippen molar-refractivity contribution in [1.29, 1.82) is 0 Å². The third-order valence-electron chi connectivity index (χ3n) is 6.77. The van der Waals surface area contributed by atoms with Crippen molar-refractivity contribution in [2.45, 2.75) is 71.9 Å². The second-order valence-corrected chi connectivity index (χ2v) is 10.4. The van der Waals surface area contributed by atoms with Gasteiger partial charge in [-0.3, -0.25) is 4.79 Å². The van der Waals surface area contributed by atoms with E-state index in [9.17, 15) is 4.79 Å². The van der Waals surface area contributed by atoms with Crippen LogP contribution in [0, 0.1) is 5.92 Å². The van der Waals surface area contributed by atoms with Crippen LogP contribution in [0.1, 0.15) is 58.1 Å². The first-order valence-electron chi connectivity index (χ1n) is 12.9. The standard InChI is InChI=1S/C30H43N3O/c1-23(2)16-21-33(28-17-19-32(20-18-28)30(34)29(31)22-24(3)4)27-14-12-26(13-15-27)11-10-25-8-6-5-7-9-25/h5-9,12-16,24,28-29H,10-11,17-22,31H2,1-4H3/t29-/m1/s1. The van der Waals surface area contributed by atoms with E-state index in [1.54, 1.807) is 0 Å². The van der Waals surface area contributed by atoms with Gasteiger partial charge in [0.2, 0.25) is 5.91 Å². The minimum atomic E-state index is -0.373. The first kappa shape index (κ1) is 26.0. The van der Waals surface area contributed by atoms with Crippen LogP contribution in [0.4, 0.5) is 5.69 Å². The van der Waals surface area contributed by atoms with Crippen LogP contribution in [-0.2, 0) is 17.6 Å². The van der Waals surface area contributed by atoms with Crippen molar-refractivity contribution >= 4 is 11.6 Å². The lowest BCUT2D eigenvalue weighted by molar-refractivity contribution is -0.134. The van der Waals surface area contributed by atoms with Gasteiger partial charge in [0.15, 0.2) is 0 Å². The van der Waals surface area contributed by atoms with Gasteiger partial charge in [-0.15, -0.1) is 0 Å². The molecule has 4 heteroatoms. The number of likely N-dealkylation sites (tertiary alicyclic amines) is 1. The molecule has 1 fully saturated rings. The van der Waals surface area contributed by atoms with E-state index in [2.05, 4.69) is 93.3 Å². The Morgan fingerprint density at radius 3 is 2.15 bits per heavy atom. The van der Waals surface area contributed by atoms with Crippen LogP contribution in [0.5, 0.6) is 0 Å².